The molecule has 7 nitrogen and oxygen atoms in total. The molecule has 2 aliphatic heterocycles. The Hall–Kier alpha value is -2.48. The number of carbonyl (C=O) groups is 2. The second kappa shape index (κ2) is 10.4. The molecule has 0 bridgehead atoms. The van der Waals surface area contributed by atoms with Crippen LogP contribution in [-0.2, 0) is 4.79 Å². The van der Waals surface area contributed by atoms with E-state index in [0.29, 0.717) is 33.8 Å². The fourth-order valence-corrected chi connectivity index (χ4v) is 4.64. The molecule has 0 radical (unpaired) electrons. The van der Waals surface area contributed by atoms with Crippen LogP contribution in [-0.4, -0.2) is 53.9 Å². The van der Waals surface area contributed by atoms with Gasteiger partial charge < -0.3 is 10.6 Å². The maximum absolute atomic E-state index is 13.8. The molecule has 4 rings (SSSR count). The maximum atomic E-state index is 13.8. The molecule has 0 saturated carbocycles. The monoisotopic (exact) mass is 455 g/mol. The van der Waals surface area contributed by atoms with Gasteiger partial charge in [0.1, 0.15) is 0 Å². The van der Waals surface area contributed by atoms with Crippen LogP contribution in [0.5, 0.6) is 0 Å². The van der Waals surface area contributed by atoms with E-state index in [4.69, 9.17) is 11.6 Å². The smallest absolute Gasteiger partial charge is 0.257 e. The van der Waals surface area contributed by atoms with E-state index in [1.807, 2.05) is 0 Å². The number of aromatic nitrogens is 1. The van der Waals surface area contributed by atoms with Gasteiger partial charge in [0.2, 0.25) is 5.91 Å². The number of nitrogens with one attached hydrogen (secondary N) is 2. The van der Waals surface area contributed by atoms with E-state index in [9.17, 15) is 9.59 Å². The van der Waals surface area contributed by atoms with Gasteiger partial charge in [-0.05, 0) is 62.7 Å². The molecule has 1 aromatic carbocycles. The largest absolute Gasteiger partial charge is 0.319 e. The van der Waals surface area contributed by atoms with Gasteiger partial charge >= 0.3 is 0 Å². The molecule has 2 aromatic rings. The third-order valence-electron chi connectivity index (χ3n) is 6.09. The highest BCUT2D eigenvalue weighted by atomic mass is 35.5. The molecule has 0 aliphatic carbocycles. The van der Waals surface area contributed by atoms with Crippen LogP contribution in [0.25, 0.3) is 0 Å². The summed E-state index contributed by atoms with van der Waals surface area (Å²) < 4.78 is 0. The minimum atomic E-state index is -0.280. The number of rotatable bonds is 6. The van der Waals surface area contributed by atoms with Crippen molar-refractivity contribution in [1.82, 2.24) is 15.2 Å². The van der Waals surface area contributed by atoms with E-state index in [0.717, 1.165) is 38.9 Å². The summed E-state index contributed by atoms with van der Waals surface area (Å²) in [6.07, 6.45) is 7.22. The Labute approximate surface area is 194 Å². The topological polar surface area (TPSA) is 77.6 Å². The molecule has 170 valence electrons. The fraction of sp³-hybridized carbons (Fsp3) is 0.458. The van der Waals surface area contributed by atoms with Crippen molar-refractivity contribution < 1.29 is 9.59 Å². The number of hydrogen-bond donors (Lipinski definition) is 2. The van der Waals surface area contributed by atoms with Crippen LogP contribution in [0.2, 0.25) is 5.02 Å². The van der Waals surface area contributed by atoms with Gasteiger partial charge in [0.25, 0.3) is 5.91 Å². The Morgan fingerprint density at radius 2 is 2.16 bits per heavy atom. The number of benzene rings is 1. The third kappa shape index (κ3) is 4.95. The van der Waals surface area contributed by atoms with Crippen LogP contribution in [0, 0.1) is 0 Å². The van der Waals surface area contributed by atoms with Crippen molar-refractivity contribution in [2.24, 2.45) is 0 Å². The molecule has 2 N–H and O–H groups in total. The van der Waals surface area contributed by atoms with Gasteiger partial charge in [0.05, 0.1) is 23.5 Å². The second-order valence-electron chi connectivity index (χ2n) is 8.40. The maximum Gasteiger partial charge on any atom is 0.257 e. The van der Waals surface area contributed by atoms with Crippen molar-refractivity contribution >= 4 is 40.6 Å². The Kier molecular flexibility index (Phi) is 7.40. The lowest BCUT2D eigenvalue weighted by Gasteiger charge is -2.32. The number of amides is 2. The van der Waals surface area contributed by atoms with Gasteiger partial charge in [-0.3, -0.25) is 19.4 Å². The lowest BCUT2D eigenvalue weighted by molar-refractivity contribution is -0.119. The summed E-state index contributed by atoms with van der Waals surface area (Å²) in [5.41, 5.74) is 1.38. The third-order valence-corrected chi connectivity index (χ3v) is 6.32. The number of likely N-dealkylation sites (tertiary alicyclic amines) is 1. The van der Waals surface area contributed by atoms with Crippen LogP contribution in [0.4, 0.5) is 17.2 Å². The van der Waals surface area contributed by atoms with Crippen molar-refractivity contribution in [3.05, 3.63) is 47.1 Å². The summed E-state index contributed by atoms with van der Waals surface area (Å²) in [7, 11) is 0. The molecule has 1 aromatic heterocycles. The van der Waals surface area contributed by atoms with Crippen molar-refractivity contribution in [3.8, 4) is 0 Å². The first-order valence-corrected chi connectivity index (χ1v) is 11.8. The van der Waals surface area contributed by atoms with Crippen LogP contribution < -0.4 is 15.5 Å². The fourth-order valence-electron chi connectivity index (χ4n) is 4.48. The Morgan fingerprint density at radius 1 is 1.28 bits per heavy atom. The van der Waals surface area contributed by atoms with Gasteiger partial charge in [-0.25, -0.2) is 4.98 Å². The van der Waals surface area contributed by atoms with E-state index >= 15 is 0 Å². The molecule has 32 heavy (non-hydrogen) atoms. The summed E-state index contributed by atoms with van der Waals surface area (Å²) in [5, 5.41) is 6.86. The number of halogens is 1. The highest BCUT2D eigenvalue weighted by molar-refractivity contribution is 6.31. The molecule has 0 spiro atoms. The molecule has 1 atom stereocenters. The molecule has 1 saturated heterocycles. The number of hydrogen-bond acceptors (Lipinski definition) is 5. The Balaban J connectivity index is 1.67. The number of anilines is 3. The minimum Gasteiger partial charge on any atom is -0.319 e. The first-order valence-electron chi connectivity index (χ1n) is 11.4. The minimum absolute atomic E-state index is 0.118. The predicted molar refractivity (Wildman–Crippen MR) is 128 cm³/mol. The van der Waals surface area contributed by atoms with Gasteiger partial charge in [0, 0.05) is 23.8 Å². The lowest BCUT2D eigenvalue weighted by atomic mass is 10.1. The van der Waals surface area contributed by atoms with Crippen LogP contribution in [0.15, 0.2) is 36.5 Å². The zero-order chi connectivity index (χ0) is 22.5. The summed E-state index contributed by atoms with van der Waals surface area (Å²) in [6.45, 7) is 5.14. The quantitative estimate of drug-likeness (QED) is 0.638. The van der Waals surface area contributed by atoms with Gasteiger partial charge in [-0.1, -0.05) is 31.4 Å². The molecule has 1 fully saturated rings. The van der Waals surface area contributed by atoms with E-state index < -0.39 is 0 Å². The number of nitrogens with zero attached hydrogens (tertiary/aromatic N) is 3. The predicted octanol–water partition coefficient (Wildman–Crippen LogP) is 4.21. The highest BCUT2D eigenvalue weighted by Gasteiger charge is 2.33. The van der Waals surface area contributed by atoms with Crippen molar-refractivity contribution in [1.29, 1.82) is 0 Å². The zero-order valence-electron chi connectivity index (χ0n) is 18.4. The molecule has 1 unspecified atom stereocenters. The summed E-state index contributed by atoms with van der Waals surface area (Å²) in [6, 6.07) is 8.80. The summed E-state index contributed by atoms with van der Waals surface area (Å²) in [5.74, 6) is 0.0207. The number of carbonyl (C=O) groups excluding carboxylic acids is 2. The Morgan fingerprint density at radius 3 is 3.00 bits per heavy atom. The van der Waals surface area contributed by atoms with Crippen LogP contribution >= 0.6 is 11.6 Å². The van der Waals surface area contributed by atoms with Gasteiger partial charge in [-0.15, -0.1) is 0 Å². The van der Waals surface area contributed by atoms with E-state index in [-0.39, 0.29) is 18.4 Å². The van der Waals surface area contributed by atoms with Crippen LogP contribution in [0.1, 0.15) is 49.4 Å². The van der Waals surface area contributed by atoms with Crippen molar-refractivity contribution in [2.45, 2.75) is 45.1 Å². The molecule has 2 aliphatic rings. The SMILES string of the molecule is CCCNCC1CCCCCN1CC(=O)N1c2cc(Cl)ccc2C(=O)Nc2cccnc21. The normalized spacial score (nSPS) is 18.9. The number of pyridine rings is 1. The number of fused-ring (bicyclic) bond motifs is 2. The molecule has 3 heterocycles. The van der Waals surface area contributed by atoms with E-state index in [1.165, 1.54) is 12.8 Å². The highest BCUT2D eigenvalue weighted by Crippen LogP contribution is 2.37. The zero-order valence-corrected chi connectivity index (χ0v) is 19.2. The second-order valence-corrected chi connectivity index (χ2v) is 8.83. The Bertz CT molecular complexity index is 983. The van der Waals surface area contributed by atoms with Crippen molar-refractivity contribution in [2.75, 3.05) is 36.4 Å². The van der Waals surface area contributed by atoms with Crippen molar-refractivity contribution in [3.63, 3.8) is 0 Å². The van der Waals surface area contributed by atoms with E-state index in [2.05, 4.69) is 27.4 Å². The lowest BCUT2D eigenvalue weighted by Crippen LogP contribution is -2.47. The molecule has 8 heteroatoms. The average molecular weight is 456 g/mol. The summed E-state index contributed by atoms with van der Waals surface area (Å²) in [4.78, 5) is 34.9. The standard InChI is InChI=1S/C24H30ClN5O2/c1-2-11-26-15-18-7-4-3-5-13-29(18)16-22(31)30-21-14-17(25)9-10-19(21)24(32)28-20-8-6-12-27-23(20)30/h6,8-10,12,14,18,26H,2-5,7,11,13,15-16H2,1H3,(H,28,32). The first-order chi connectivity index (χ1) is 15.6. The average Bonchev–Trinajstić information content (AvgIpc) is 3.06. The van der Waals surface area contributed by atoms with Crippen LogP contribution in [0.3, 0.4) is 0 Å². The van der Waals surface area contributed by atoms with Gasteiger partial charge in [-0.2, -0.15) is 0 Å². The van der Waals surface area contributed by atoms with E-state index in [1.54, 1.807) is 41.4 Å². The summed E-state index contributed by atoms with van der Waals surface area (Å²) >= 11 is 6.27. The first kappa shape index (κ1) is 22.7. The molecular weight excluding hydrogens is 426 g/mol. The molecular formula is C24H30ClN5O2. The molecule has 2 amide bonds. The van der Waals surface area contributed by atoms with Gasteiger partial charge in [0.15, 0.2) is 5.82 Å².